The van der Waals surface area contributed by atoms with E-state index < -0.39 is 0 Å². The Balaban J connectivity index is 1.26. The lowest BCUT2D eigenvalue weighted by molar-refractivity contribution is -0.248. The number of nitrogens with zero attached hydrogens (tertiary/aromatic N) is 1. The molecule has 1 saturated heterocycles. The first-order chi connectivity index (χ1) is 19.3. The van der Waals surface area contributed by atoms with Gasteiger partial charge in [0.2, 0.25) is 0 Å². The molecule has 1 heterocycles. The molecule has 6 fully saturated rings. The van der Waals surface area contributed by atoms with Crippen LogP contribution < -0.4 is 0 Å². The van der Waals surface area contributed by atoms with Crippen molar-refractivity contribution in [1.82, 2.24) is 4.90 Å². The van der Waals surface area contributed by atoms with Crippen LogP contribution in [0.1, 0.15) is 125 Å². The molecular formula is C37H61NO3. The molecule has 6 aliphatic rings. The zero-order valence-corrected chi connectivity index (χ0v) is 27.4. The van der Waals surface area contributed by atoms with Crippen molar-refractivity contribution < 1.29 is 14.6 Å². The van der Waals surface area contributed by atoms with Gasteiger partial charge in [0, 0.05) is 6.54 Å². The molecule has 5 saturated carbocycles. The van der Waals surface area contributed by atoms with E-state index in [0.29, 0.717) is 36.2 Å². The Morgan fingerprint density at radius 2 is 1.61 bits per heavy atom. The maximum Gasteiger partial charge on any atom is 0.312 e. The molecule has 1 aliphatic heterocycles. The van der Waals surface area contributed by atoms with E-state index in [0.717, 1.165) is 51.5 Å². The Hall–Kier alpha value is -0.870. The minimum absolute atomic E-state index is 0.0111. The maximum absolute atomic E-state index is 14.2. The first-order valence-corrected chi connectivity index (χ1v) is 17.5. The summed E-state index contributed by atoms with van der Waals surface area (Å²) in [5, 5.41) is 11.0. The molecular weight excluding hydrogens is 506 g/mol. The number of likely N-dealkylation sites (tertiary alicyclic amines) is 1. The van der Waals surface area contributed by atoms with Gasteiger partial charge in [0.05, 0.1) is 18.1 Å². The Bertz CT molecular complexity index is 1030. The first-order valence-electron chi connectivity index (χ1n) is 17.5. The number of carbonyl (C=O) groups excluding carboxylic acids is 1. The lowest BCUT2D eigenvalue weighted by Gasteiger charge is -2.72. The summed E-state index contributed by atoms with van der Waals surface area (Å²) >= 11 is 0. The summed E-state index contributed by atoms with van der Waals surface area (Å²) in [5.74, 6) is 2.77. The lowest BCUT2D eigenvalue weighted by Crippen LogP contribution is -2.67. The maximum atomic E-state index is 14.2. The molecule has 10 atom stereocenters. The first kappa shape index (κ1) is 30.2. The second-order valence-electron chi connectivity index (χ2n) is 17.3. The number of hydrogen-bond donors (Lipinski definition) is 1. The summed E-state index contributed by atoms with van der Waals surface area (Å²) in [4.78, 5) is 16.7. The van der Waals surface area contributed by atoms with Crippen LogP contribution in [-0.4, -0.2) is 48.3 Å². The number of allylic oxidation sites excluding steroid dienone is 1. The number of aliphatic hydroxyl groups excluding tert-OH is 1. The van der Waals surface area contributed by atoms with E-state index in [-0.39, 0.29) is 39.1 Å². The van der Waals surface area contributed by atoms with Crippen molar-refractivity contribution in [3.05, 3.63) is 12.2 Å². The van der Waals surface area contributed by atoms with Gasteiger partial charge in [0.1, 0.15) is 0 Å². The van der Waals surface area contributed by atoms with Crippen molar-refractivity contribution in [2.45, 2.75) is 131 Å². The van der Waals surface area contributed by atoms with Gasteiger partial charge in [-0.1, -0.05) is 46.8 Å². The van der Waals surface area contributed by atoms with Gasteiger partial charge in [-0.15, -0.1) is 0 Å². The van der Waals surface area contributed by atoms with E-state index >= 15 is 0 Å². The quantitative estimate of drug-likeness (QED) is 0.200. The van der Waals surface area contributed by atoms with Gasteiger partial charge in [0.15, 0.2) is 0 Å². The normalized spacial score (nSPS) is 49.0. The molecule has 4 heteroatoms. The number of aliphatic hydroxyl groups is 1. The van der Waals surface area contributed by atoms with E-state index in [1.807, 2.05) is 0 Å². The van der Waals surface area contributed by atoms with Gasteiger partial charge in [-0.05, 0) is 155 Å². The zero-order chi connectivity index (χ0) is 29.4. The summed E-state index contributed by atoms with van der Waals surface area (Å²) < 4.78 is 6.22. The van der Waals surface area contributed by atoms with Gasteiger partial charge in [-0.25, -0.2) is 0 Å². The van der Waals surface area contributed by atoms with Crippen LogP contribution in [0.2, 0.25) is 0 Å². The fourth-order valence-corrected chi connectivity index (χ4v) is 13.1. The fraction of sp³-hybridized carbons (Fsp3) is 0.919. The van der Waals surface area contributed by atoms with E-state index in [1.54, 1.807) is 0 Å². The number of ether oxygens (including phenoxy) is 1. The Morgan fingerprint density at radius 1 is 0.878 bits per heavy atom. The smallest absolute Gasteiger partial charge is 0.312 e. The van der Waals surface area contributed by atoms with Crippen molar-refractivity contribution >= 4 is 5.97 Å². The lowest BCUT2D eigenvalue weighted by atomic mass is 9.32. The van der Waals surface area contributed by atoms with Crippen LogP contribution in [0.3, 0.4) is 0 Å². The van der Waals surface area contributed by atoms with Crippen LogP contribution in [-0.2, 0) is 9.53 Å². The highest BCUT2D eigenvalue weighted by Crippen LogP contribution is 2.77. The molecule has 4 nitrogen and oxygen atoms in total. The second-order valence-corrected chi connectivity index (χ2v) is 17.3. The van der Waals surface area contributed by atoms with Crippen molar-refractivity contribution in [2.24, 2.45) is 56.7 Å². The van der Waals surface area contributed by atoms with Crippen LogP contribution >= 0.6 is 0 Å². The summed E-state index contributed by atoms with van der Waals surface area (Å²) in [7, 11) is 0. The van der Waals surface area contributed by atoms with Crippen LogP contribution in [0.4, 0.5) is 0 Å². The molecule has 232 valence electrons. The molecule has 0 bridgehead atoms. The molecule has 5 aliphatic carbocycles. The molecule has 0 radical (unpaired) electrons. The average Bonchev–Trinajstić information content (AvgIpc) is 3.58. The largest absolute Gasteiger partial charge is 0.465 e. The Morgan fingerprint density at radius 3 is 2.32 bits per heavy atom. The van der Waals surface area contributed by atoms with Gasteiger partial charge in [-0.2, -0.15) is 0 Å². The summed E-state index contributed by atoms with van der Waals surface area (Å²) in [5.41, 5.74) is 1.75. The third-order valence-electron chi connectivity index (χ3n) is 15.5. The van der Waals surface area contributed by atoms with E-state index in [9.17, 15) is 9.90 Å². The molecule has 0 aromatic carbocycles. The predicted molar refractivity (Wildman–Crippen MR) is 166 cm³/mol. The minimum atomic E-state index is -0.317. The number of carbonyl (C=O) groups is 1. The van der Waals surface area contributed by atoms with Gasteiger partial charge < -0.3 is 14.7 Å². The standard InChI is InChI=1S/C37H61NO3/c1-25(2)26-13-18-37(32(40)41-24-10-23-38-21-8-9-22-38)20-19-35(6)27(31(26)37)11-12-29-34(5)16-15-30(39)33(3,4)28(34)14-17-36(29,35)7/h26-31,39H,1,8-24H2,2-7H3. The topological polar surface area (TPSA) is 49.8 Å². The predicted octanol–water partition coefficient (Wildman–Crippen LogP) is 8.03. The van der Waals surface area contributed by atoms with E-state index in [4.69, 9.17) is 4.74 Å². The Kier molecular flexibility index (Phi) is 7.62. The third kappa shape index (κ3) is 4.29. The zero-order valence-electron chi connectivity index (χ0n) is 27.4. The highest BCUT2D eigenvalue weighted by Gasteiger charge is 2.72. The SMILES string of the molecule is C=C(C)C1CCC2(C(=O)OCCCN3CCCC3)CCC3(C)C(CCC4C5(C)CCC(O)C(C)(C)C5CCC43C)C12. The highest BCUT2D eigenvalue weighted by atomic mass is 16.5. The third-order valence-corrected chi connectivity index (χ3v) is 15.5. The number of hydrogen-bond acceptors (Lipinski definition) is 4. The molecule has 0 aromatic rings. The number of fused-ring (bicyclic) bond motifs is 7. The molecule has 10 unspecified atom stereocenters. The molecule has 41 heavy (non-hydrogen) atoms. The minimum Gasteiger partial charge on any atom is -0.465 e. The van der Waals surface area contributed by atoms with Crippen LogP contribution in [0.15, 0.2) is 12.2 Å². The number of esters is 1. The van der Waals surface area contributed by atoms with Crippen LogP contribution in [0.5, 0.6) is 0 Å². The average molecular weight is 568 g/mol. The molecule has 6 rings (SSSR count). The summed E-state index contributed by atoms with van der Waals surface area (Å²) in [6.07, 6.45) is 14.7. The molecule has 0 amide bonds. The van der Waals surface area contributed by atoms with Crippen LogP contribution in [0.25, 0.3) is 0 Å². The highest BCUT2D eigenvalue weighted by molar-refractivity contribution is 5.78. The van der Waals surface area contributed by atoms with Crippen molar-refractivity contribution in [3.63, 3.8) is 0 Å². The van der Waals surface area contributed by atoms with Gasteiger partial charge in [-0.3, -0.25) is 4.79 Å². The molecule has 0 spiro atoms. The van der Waals surface area contributed by atoms with E-state index in [1.165, 1.54) is 57.2 Å². The van der Waals surface area contributed by atoms with Gasteiger partial charge in [0.25, 0.3) is 0 Å². The van der Waals surface area contributed by atoms with E-state index in [2.05, 4.69) is 53.0 Å². The van der Waals surface area contributed by atoms with Crippen molar-refractivity contribution in [3.8, 4) is 0 Å². The summed E-state index contributed by atoms with van der Waals surface area (Å²) in [6.45, 7) is 23.4. The fourth-order valence-electron chi connectivity index (χ4n) is 13.1. The van der Waals surface area contributed by atoms with Crippen LogP contribution in [0, 0.1) is 56.7 Å². The molecule has 0 aromatic heterocycles. The van der Waals surface area contributed by atoms with Gasteiger partial charge >= 0.3 is 5.97 Å². The Labute approximate surface area is 251 Å². The summed E-state index contributed by atoms with van der Waals surface area (Å²) in [6, 6.07) is 0. The van der Waals surface area contributed by atoms with Crippen molar-refractivity contribution in [1.29, 1.82) is 0 Å². The number of rotatable bonds is 6. The van der Waals surface area contributed by atoms with Crippen molar-refractivity contribution in [2.75, 3.05) is 26.2 Å². The monoisotopic (exact) mass is 567 g/mol. The molecule has 1 N–H and O–H groups in total. The second kappa shape index (κ2) is 10.4.